The molecular weight excluding hydrogens is 358 g/mol. The van der Waals surface area contributed by atoms with Gasteiger partial charge in [0.2, 0.25) is 5.91 Å². The van der Waals surface area contributed by atoms with Gasteiger partial charge in [0.25, 0.3) is 0 Å². The average molecular weight is 382 g/mol. The number of thiazole rings is 1. The van der Waals surface area contributed by atoms with Crippen LogP contribution in [0.25, 0.3) is 11.3 Å². The highest BCUT2D eigenvalue weighted by molar-refractivity contribution is 7.15. The van der Waals surface area contributed by atoms with Crippen molar-refractivity contribution < 1.29 is 9.21 Å². The maximum Gasteiger partial charge on any atom is 0.226 e. The average Bonchev–Trinajstić information content (AvgIpc) is 3.33. The Morgan fingerprint density at radius 3 is 2.93 bits per heavy atom. The first kappa shape index (κ1) is 17.9. The van der Waals surface area contributed by atoms with E-state index in [1.54, 1.807) is 11.3 Å². The molecule has 4 rings (SSSR count). The first-order chi connectivity index (χ1) is 13.2. The third-order valence-corrected chi connectivity index (χ3v) is 5.82. The maximum absolute atomic E-state index is 12.3. The number of furan rings is 1. The van der Waals surface area contributed by atoms with Gasteiger partial charge in [-0.25, -0.2) is 4.98 Å². The zero-order chi connectivity index (χ0) is 18.6. The molecule has 0 atom stereocenters. The van der Waals surface area contributed by atoms with E-state index in [0.29, 0.717) is 18.0 Å². The molecule has 0 aliphatic carbocycles. The molecule has 1 amide bonds. The van der Waals surface area contributed by atoms with E-state index in [4.69, 9.17) is 4.42 Å². The van der Waals surface area contributed by atoms with E-state index in [-0.39, 0.29) is 5.91 Å². The lowest BCUT2D eigenvalue weighted by molar-refractivity contribution is -0.116. The van der Waals surface area contributed by atoms with Crippen molar-refractivity contribution in [1.82, 2.24) is 9.88 Å². The Morgan fingerprint density at radius 2 is 2.11 bits per heavy atom. The Balaban J connectivity index is 1.32. The van der Waals surface area contributed by atoms with Gasteiger partial charge in [0.15, 0.2) is 5.13 Å². The van der Waals surface area contributed by atoms with Gasteiger partial charge in [-0.3, -0.25) is 9.69 Å². The Labute approximate surface area is 163 Å². The van der Waals surface area contributed by atoms with Crippen LogP contribution < -0.4 is 5.32 Å². The minimum absolute atomic E-state index is 0.0221. The topological polar surface area (TPSA) is 58.4 Å². The smallest absolute Gasteiger partial charge is 0.226 e. The zero-order valence-electron chi connectivity index (χ0n) is 15.4. The molecule has 0 unspecified atom stereocenters. The predicted molar refractivity (Wildman–Crippen MR) is 108 cm³/mol. The zero-order valence-corrected chi connectivity index (χ0v) is 16.2. The van der Waals surface area contributed by atoms with Crippen molar-refractivity contribution in [3.8, 4) is 11.3 Å². The second-order valence-electron chi connectivity index (χ2n) is 6.69. The Kier molecular flexibility index (Phi) is 5.36. The number of hydrogen-bond acceptors (Lipinski definition) is 5. The van der Waals surface area contributed by atoms with Crippen LogP contribution in [0.1, 0.15) is 29.7 Å². The van der Waals surface area contributed by atoms with E-state index < -0.39 is 0 Å². The number of likely N-dealkylation sites (N-methyl/N-ethyl adjacent to an activating group) is 1. The number of hydrogen-bond donors (Lipinski definition) is 1. The number of amides is 1. The van der Waals surface area contributed by atoms with Gasteiger partial charge in [0, 0.05) is 42.8 Å². The summed E-state index contributed by atoms with van der Waals surface area (Å²) in [4.78, 5) is 20.6. The third-order valence-electron chi connectivity index (χ3n) is 4.82. The molecule has 0 saturated heterocycles. The second kappa shape index (κ2) is 8.06. The van der Waals surface area contributed by atoms with E-state index in [1.807, 2.05) is 42.5 Å². The van der Waals surface area contributed by atoms with E-state index in [0.717, 1.165) is 48.8 Å². The summed E-state index contributed by atoms with van der Waals surface area (Å²) in [6.07, 6.45) is 1.92. The van der Waals surface area contributed by atoms with Crippen LogP contribution in [0.2, 0.25) is 0 Å². The molecule has 0 radical (unpaired) electrons. The Morgan fingerprint density at radius 1 is 1.26 bits per heavy atom. The lowest BCUT2D eigenvalue weighted by Gasteiger charge is -2.23. The fourth-order valence-corrected chi connectivity index (χ4v) is 4.33. The number of aromatic nitrogens is 1. The lowest BCUT2D eigenvalue weighted by Crippen LogP contribution is -2.29. The van der Waals surface area contributed by atoms with Gasteiger partial charge in [0.1, 0.15) is 11.5 Å². The quantitative estimate of drug-likeness (QED) is 0.689. The van der Waals surface area contributed by atoms with Crippen LogP contribution in [0, 0.1) is 0 Å². The van der Waals surface area contributed by atoms with Crippen LogP contribution in [-0.2, 0) is 24.2 Å². The molecule has 0 fully saturated rings. The molecule has 1 N–H and O–H groups in total. The van der Waals surface area contributed by atoms with Crippen LogP contribution in [0.5, 0.6) is 0 Å². The minimum atomic E-state index is -0.0221. The van der Waals surface area contributed by atoms with Crippen molar-refractivity contribution in [3.63, 3.8) is 0 Å². The molecule has 1 aliphatic heterocycles. The number of anilines is 1. The van der Waals surface area contributed by atoms with Gasteiger partial charge >= 0.3 is 0 Å². The number of fused-ring (bicyclic) bond motifs is 1. The van der Waals surface area contributed by atoms with Crippen molar-refractivity contribution in [2.45, 2.75) is 32.7 Å². The first-order valence-corrected chi connectivity index (χ1v) is 10.2. The third kappa shape index (κ3) is 4.28. The summed E-state index contributed by atoms with van der Waals surface area (Å²) in [7, 11) is 0. The van der Waals surface area contributed by atoms with E-state index in [9.17, 15) is 4.79 Å². The molecule has 2 aromatic heterocycles. The molecule has 6 heteroatoms. The van der Waals surface area contributed by atoms with Gasteiger partial charge in [-0.2, -0.15) is 0 Å². The van der Waals surface area contributed by atoms with Crippen molar-refractivity contribution in [3.05, 3.63) is 58.8 Å². The van der Waals surface area contributed by atoms with Crippen molar-refractivity contribution >= 4 is 22.4 Å². The predicted octanol–water partition coefficient (Wildman–Crippen LogP) is 4.35. The number of aryl methyl sites for hydroxylation is 1. The lowest BCUT2D eigenvalue weighted by atomic mass is 10.2. The largest absolute Gasteiger partial charge is 0.461 e. The minimum Gasteiger partial charge on any atom is -0.461 e. The molecule has 0 bridgehead atoms. The number of carbonyl (C=O) groups excluding carboxylic acids is 1. The summed E-state index contributed by atoms with van der Waals surface area (Å²) in [5, 5.41) is 3.66. The van der Waals surface area contributed by atoms with Gasteiger partial charge in [-0.05, 0) is 18.7 Å². The summed E-state index contributed by atoms with van der Waals surface area (Å²) in [5.74, 6) is 1.63. The molecule has 140 valence electrons. The molecule has 1 aliphatic rings. The molecule has 0 saturated carbocycles. The molecule has 1 aromatic carbocycles. The number of benzene rings is 1. The highest BCUT2D eigenvalue weighted by atomic mass is 32.1. The van der Waals surface area contributed by atoms with Crippen molar-refractivity contribution in [2.24, 2.45) is 0 Å². The van der Waals surface area contributed by atoms with Crippen molar-refractivity contribution in [1.29, 1.82) is 0 Å². The molecule has 3 heterocycles. The fraction of sp³-hybridized carbons (Fsp3) is 0.333. The first-order valence-electron chi connectivity index (χ1n) is 9.36. The standard InChI is InChI=1S/C21H23N3O2S/c1-2-24-13-12-17-19(14-24)27-21(22-17)23-20(25)11-9-16-8-10-18(26-16)15-6-4-3-5-7-15/h3-8,10H,2,9,11-14H2,1H3,(H,22,23,25). The van der Waals surface area contributed by atoms with Gasteiger partial charge < -0.3 is 9.73 Å². The van der Waals surface area contributed by atoms with Gasteiger partial charge in [0.05, 0.1) is 5.69 Å². The normalized spacial score (nSPS) is 14.1. The number of carbonyl (C=O) groups is 1. The summed E-state index contributed by atoms with van der Waals surface area (Å²) >= 11 is 1.60. The second-order valence-corrected chi connectivity index (χ2v) is 7.77. The molecule has 0 spiro atoms. The summed E-state index contributed by atoms with van der Waals surface area (Å²) in [6.45, 7) is 5.20. The number of nitrogens with zero attached hydrogens (tertiary/aromatic N) is 2. The van der Waals surface area contributed by atoms with Crippen LogP contribution in [0.15, 0.2) is 46.9 Å². The Bertz CT molecular complexity index is 917. The molecule has 27 heavy (non-hydrogen) atoms. The highest BCUT2D eigenvalue weighted by Crippen LogP contribution is 2.28. The maximum atomic E-state index is 12.3. The Hall–Kier alpha value is -2.44. The van der Waals surface area contributed by atoms with E-state index >= 15 is 0 Å². The summed E-state index contributed by atoms with van der Waals surface area (Å²) in [5.41, 5.74) is 2.18. The van der Waals surface area contributed by atoms with Crippen LogP contribution in [-0.4, -0.2) is 28.9 Å². The van der Waals surface area contributed by atoms with Gasteiger partial charge in [-0.1, -0.05) is 37.3 Å². The van der Waals surface area contributed by atoms with Crippen molar-refractivity contribution in [2.75, 3.05) is 18.4 Å². The summed E-state index contributed by atoms with van der Waals surface area (Å²) in [6, 6.07) is 13.9. The molecular formula is C21H23N3O2S. The summed E-state index contributed by atoms with van der Waals surface area (Å²) < 4.78 is 5.86. The number of nitrogens with one attached hydrogen (secondary N) is 1. The van der Waals surface area contributed by atoms with Crippen LogP contribution in [0.4, 0.5) is 5.13 Å². The molecule has 3 aromatic rings. The SMILES string of the molecule is CCN1CCc2nc(NC(=O)CCc3ccc(-c4ccccc4)o3)sc2C1. The molecule has 5 nitrogen and oxygen atoms in total. The van der Waals surface area contributed by atoms with E-state index in [2.05, 4.69) is 22.1 Å². The van der Waals surface area contributed by atoms with Crippen LogP contribution >= 0.6 is 11.3 Å². The van der Waals surface area contributed by atoms with Gasteiger partial charge in [-0.15, -0.1) is 11.3 Å². The number of rotatable bonds is 6. The fourth-order valence-electron chi connectivity index (χ4n) is 3.26. The van der Waals surface area contributed by atoms with E-state index in [1.165, 1.54) is 4.88 Å². The van der Waals surface area contributed by atoms with Crippen LogP contribution in [0.3, 0.4) is 0 Å². The highest BCUT2D eigenvalue weighted by Gasteiger charge is 2.20. The monoisotopic (exact) mass is 381 g/mol.